The van der Waals surface area contributed by atoms with E-state index in [-0.39, 0.29) is 6.04 Å². The van der Waals surface area contributed by atoms with Gasteiger partial charge in [0.2, 0.25) is 0 Å². The highest BCUT2D eigenvalue weighted by Crippen LogP contribution is 2.28. The molecule has 1 aliphatic heterocycles. The number of anilines is 1. The molecule has 24 heavy (non-hydrogen) atoms. The SMILES string of the molecule is C=CCN1C[C@H](C)N(c2nc3c(C(=O)OC)cccc3o2)C[C@@H]1C. The van der Waals surface area contributed by atoms with Crippen LogP contribution < -0.4 is 4.90 Å². The minimum absolute atomic E-state index is 0.260. The molecule has 6 heteroatoms. The Morgan fingerprint density at radius 2 is 2.21 bits per heavy atom. The lowest BCUT2D eigenvalue weighted by Gasteiger charge is -2.43. The second-order valence-electron chi connectivity index (χ2n) is 6.23. The summed E-state index contributed by atoms with van der Waals surface area (Å²) in [6, 6.07) is 6.48. The zero-order chi connectivity index (χ0) is 17.3. The van der Waals surface area contributed by atoms with Gasteiger partial charge < -0.3 is 14.1 Å². The van der Waals surface area contributed by atoms with Crippen molar-refractivity contribution in [2.75, 3.05) is 31.6 Å². The van der Waals surface area contributed by atoms with Gasteiger partial charge >= 0.3 is 5.97 Å². The van der Waals surface area contributed by atoms with Crippen LogP contribution in [0.4, 0.5) is 6.01 Å². The zero-order valence-electron chi connectivity index (χ0n) is 14.4. The first kappa shape index (κ1) is 16.5. The summed E-state index contributed by atoms with van der Waals surface area (Å²) in [6.07, 6.45) is 1.93. The summed E-state index contributed by atoms with van der Waals surface area (Å²) < 4.78 is 10.8. The van der Waals surface area contributed by atoms with Gasteiger partial charge in [0.25, 0.3) is 6.01 Å². The monoisotopic (exact) mass is 329 g/mol. The highest BCUT2D eigenvalue weighted by molar-refractivity contribution is 6.01. The number of rotatable bonds is 4. The maximum absolute atomic E-state index is 11.9. The number of hydrogen-bond donors (Lipinski definition) is 0. The Labute approximate surface area is 141 Å². The van der Waals surface area contributed by atoms with Crippen LogP contribution in [0, 0.1) is 0 Å². The fourth-order valence-corrected chi connectivity index (χ4v) is 3.22. The molecule has 1 saturated heterocycles. The quantitative estimate of drug-likeness (QED) is 0.635. The van der Waals surface area contributed by atoms with E-state index in [1.54, 1.807) is 12.1 Å². The Hall–Kier alpha value is -2.34. The van der Waals surface area contributed by atoms with Crippen LogP contribution in [0.25, 0.3) is 11.1 Å². The number of benzene rings is 1. The maximum Gasteiger partial charge on any atom is 0.340 e. The van der Waals surface area contributed by atoms with Crippen molar-refractivity contribution in [1.29, 1.82) is 0 Å². The van der Waals surface area contributed by atoms with Gasteiger partial charge in [-0.2, -0.15) is 4.98 Å². The molecule has 3 rings (SSSR count). The highest BCUT2D eigenvalue weighted by atomic mass is 16.5. The van der Waals surface area contributed by atoms with E-state index in [0.29, 0.717) is 28.7 Å². The van der Waals surface area contributed by atoms with Crippen molar-refractivity contribution in [3.05, 3.63) is 36.4 Å². The van der Waals surface area contributed by atoms with Crippen molar-refractivity contribution < 1.29 is 13.9 Å². The van der Waals surface area contributed by atoms with E-state index in [1.807, 2.05) is 12.1 Å². The average Bonchev–Trinajstić information content (AvgIpc) is 3.01. The molecule has 1 fully saturated rings. The fourth-order valence-electron chi connectivity index (χ4n) is 3.22. The molecule has 1 aromatic heterocycles. The zero-order valence-corrected chi connectivity index (χ0v) is 14.4. The van der Waals surface area contributed by atoms with Crippen LogP contribution in [0.5, 0.6) is 0 Å². The number of oxazole rings is 1. The summed E-state index contributed by atoms with van der Waals surface area (Å²) in [5.74, 6) is -0.405. The van der Waals surface area contributed by atoms with Gasteiger partial charge in [0, 0.05) is 31.7 Å². The van der Waals surface area contributed by atoms with Gasteiger partial charge in [-0.05, 0) is 26.0 Å². The van der Waals surface area contributed by atoms with Gasteiger partial charge in [0.1, 0.15) is 5.52 Å². The number of esters is 1. The molecule has 0 unspecified atom stereocenters. The van der Waals surface area contributed by atoms with Crippen LogP contribution in [0.1, 0.15) is 24.2 Å². The first-order chi connectivity index (χ1) is 11.5. The Bertz CT molecular complexity index is 755. The fraction of sp³-hybridized carbons (Fsp3) is 0.444. The lowest BCUT2D eigenvalue weighted by molar-refractivity contribution is 0.0602. The molecule has 2 aromatic rings. The minimum atomic E-state index is -0.405. The van der Waals surface area contributed by atoms with E-state index >= 15 is 0 Å². The molecule has 0 aliphatic carbocycles. The van der Waals surface area contributed by atoms with Crippen LogP contribution in [0.2, 0.25) is 0 Å². The van der Waals surface area contributed by atoms with E-state index < -0.39 is 5.97 Å². The number of fused-ring (bicyclic) bond motifs is 1. The van der Waals surface area contributed by atoms with Crippen molar-refractivity contribution in [3.63, 3.8) is 0 Å². The van der Waals surface area contributed by atoms with Gasteiger partial charge in [-0.25, -0.2) is 4.79 Å². The molecule has 0 spiro atoms. The third kappa shape index (κ3) is 2.89. The third-order valence-electron chi connectivity index (χ3n) is 4.54. The van der Waals surface area contributed by atoms with Crippen LogP contribution in [-0.4, -0.2) is 54.7 Å². The van der Waals surface area contributed by atoms with Gasteiger partial charge in [0.05, 0.1) is 12.7 Å². The lowest BCUT2D eigenvalue weighted by atomic mass is 10.1. The van der Waals surface area contributed by atoms with E-state index in [1.165, 1.54) is 7.11 Å². The maximum atomic E-state index is 11.9. The molecule has 0 saturated carbocycles. The van der Waals surface area contributed by atoms with Crippen LogP contribution in [0.15, 0.2) is 35.3 Å². The number of nitrogens with zero attached hydrogens (tertiary/aromatic N) is 3. The van der Waals surface area contributed by atoms with E-state index in [0.717, 1.165) is 19.6 Å². The summed E-state index contributed by atoms with van der Waals surface area (Å²) in [5.41, 5.74) is 1.57. The van der Waals surface area contributed by atoms with Crippen LogP contribution in [-0.2, 0) is 4.74 Å². The second-order valence-corrected chi connectivity index (χ2v) is 6.23. The Kier molecular flexibility index (Phi) is 4.57. The van der Waals surface area contributed by atoms with Gasteiger partial charge in [-0.3, -0.25) is 4.90 Å². The Balaban J connectivity index is 1.92. The van der Waals surface area contributed by atoms with E-state index in [9.17, 15) is 4.79 Å². The minimum Gasteiger partial charge on any atom is -0.465 e. The molecule has 0 bridgehead atoms. The van der Waals surface area contributed by atoms with E-state index in [4.69, 9.17) is 9.15 Å². The number of ether oxygens (including phenoxy) is 1. The van der Waals surface area contributed by atoms with Gasteiger partial charge in [0.15, 0.2) is 5.58 Å². The summed E-state index contributed by atoms with van der Waals surface area (Å²) >= 11 is 0. The molecule has 0 radical (unpaired) electrons. The summed E-state index contributed by atoms with van der Waals surface area (Å²) in [5, 5.41) is 0. The molecule has 128 valence electrons. The van der Waals surface area contributed by atoms with Crippen molar-refractivity contribution >= 4 is 23.1 Å². The highest BCUT2D eigenvalue weighted by Gasteiger charge is 2.31. The predicted molar refractivity (Wildman–Crippen MR) is 93.4 cm³/mol. The normalized spacial score (nSPS) is 21.9. The number of aromatic nitrogens is 1. The molecule has 1 aromatic carbocycles. The standard InChI is InChI=1S/C18H23N3O3/c1-5-9-20-10-13(3)21(11-12(20)2)18-19-16-14(17(22)23-4)7-6-8-15(16)24-18/h5-8,12-13H,1,9-11H2,2-4H3/t12-,13-/m0/s1. The van der Waals surface area contributed by atoms with E-state index in [2.05, 4.69) is 35.2 Å². The number of hydrogen-bond acceptors (Lipinski definition) is 6. The average molecular weight is 329 g/mol. The smallest absolute Gasteiger partial charge is 0.340 e. The topological polar surface area (TPSA) is 58.8 Å². The number of piperazine rings is 1. The molecular formula is C18H23N3O3. The summed E-state index contributed by atoms with van der Waals surface area (Å²) in [7, 11) is 1.37. The van der Waals surface area contributed by atoms with Crippen molar-refractivity contribution in [3.8, 4) is 0 Å². The van der Waals surface area contributed by atoms with Gasteiger partial charge in [-0.15, -0.1) is 6.58 Å². The molecule has 2 atom stereocenters. The van der Waals surface area contributed by atoms with Crippen LogP contribution in [0.3, 0.4) is 0 Å². The van der Waals surface area contributed by atoms with Crippen molar-refractivity contribution in [2.45, 2.75) is 25.9 Å². The Morgan fingerprint density at radius 3 is 2.92 bits per heavy atom. The molecule has 1 aliphatic rings. The predicted octanol–water partition coefficient (Wildman–Crippen LogP) is 2.70. The molecule has 0 amide bonds. The molecule has 6 nitrogen and oxygen atoms in total. The van der Waals surface area contributed by atoms with Crippen molar-refractivity contribution in [1.82, 2.24) is 9.88 Å². The Morgan fingerprint density at radius 1 is 1.42 bits per heavy atom. The summed E-state index contributed by atoms with van der Waals surface area (Å²) in [6.45, 7) is 10.8. The third-order valence-corrected chi connectivity index (χ3v) is 4.54. The molecular weight excluding hydrogens is 306 g/mol. The number of para-hydroxylation sites is 1. The van der Waals surface area contributed by atoms with Gasteiger partial charge in [-0.1, -0.05) is 12.1 Å². The second kappa shape index (κ2) is 6.65. The first-order valence-electron chi connectivity index (χ1n) is 8.14. The lowest BCUT2D eigenvalue weighted by Crippen LogP contribution is -2.56. The summed E-state index contributed by atoms with van der Waals surface area (Å²) in [4.78, 5) is 21.0. The number of carbonyl (C=O) groups is 1. The molecule has 0 N–H and O–H groups in total. The molecule has 2 heterocycles. The largest absolute Gasteiger partial charge is 0.465 e. The first-order valence-corrected chi connectivity index (χ1v) is 8.14. The van der Waals surface area contributed by atoms with Crippen LogP contribution >= 0.6 is 0 Å². The van der Waals surface area contributed by atoms with Crippen molar-refractivity contribution in [2.24, 2.45) is 0 Å². The number of methoxy groups -OCH3 is 1. The number of carbonyl (C=O) groups excluding carboxylic acids is 1.